The van der Waals surface area contributed by atoms with E-state index in [0.717, 1.165) is 77.3 Å². The van der Waals surface area contributed by atoms with Gasteiger partial charge in [-0.25, -0.2) is 0 Å². The molecule has 0 aromatic rings. The molecule has 2 aliphatic heterocycles. The Hall–Kier alpha value is -1.80. The fraction of sp³-hybridized carbons (Fsp3) is 0.857. The Labute approximate surface area is 218 Å². The number of piperidine rings is 1. The Morgan fingerprint density at radius 3 is 2.03 bits per heavy atom. The molecule has 0 aliphatic carbocycles. The molecule has 206 valence electrons. The highest BCUT2D eigenvalue weighted by atomic mass is 16.2. The lowest BCUT2D eigenvalue weighted by molar-refractivity contribution is -0.153. The van der Waals surface area contributed by atoms with Crippen molar-refractivity contribution < 1.29 is 19.2 Å². The van der Waals surface area contributed by atoms with Gasteiger partial charge in [0.1, 0.15) is 12.3 Å². The van der Waals surface area contributed by atoms with E-state index in [9.17, 15) is 19.2 Å². The van der Waals surface area contributed by atoms with E-state index in [1.165, 1.54) is 35.5 Å². The molecule has 3 N–H and O–H groups in total. The molecular formula is C28H50N4O4. The standard InChI is InChI=1S/C28H50N4O4/c1-31-21-28(36)32(22-27(31)35)24(13-11-12-18-29)26(34)15-10-8-6-4-2-3-5-7-9-14-25(33)23-16-19-30-20-17-23/h23-24,30H,2-22,29H2,1H3/t24-/m0/s1. The summed E-state index contributed by atoms with van der Waals surface area (Å²) in [5, 5.41) is 3.32. The molecule has 2 heterocycles. The lowest BCUT2D eigenvalue weighted by Crippen LogP contribution is -2.57. The third-order valence-electron chi connectivity index (χ3n) is 7.74. The van der Waals surface area contributed by atoms with Crippen LogP contribution in [0.4, 0.5) is 0 Å². The van der Waals surface area contributed by atoms with Crippen molar-refractivity contribution in [3.63, 3.8) is 0 Å². The number of likely N-dealkylation sites (N-methyl/N-ethyl adjacent to an activating group) is 1. The molecule has 0 unspecified atom stereocenters. The summed E-state index contributed by atoms with van der Waals surface area (Å²) in [7, 11) is 1.63. The summed E-state index contributed by atoms with van der Waals surface area (Å²) in [5.74, 6) is 0.593. The highest BCUT2D eigenvalue weighted by Crippen LogP contribution is 2.19. The fourth-order valence-corrected chi connectivity index (χ4v) is 5.34. The van der Waals surface area contributed by atoms with Crippen LogP contribution in [0, 0.1) is 5.92 Å². The maximum Gasteiger partial charge on any atom is 0.243 e. The molecule has 0 saturated carbocycles. The molecule has 2 aliphatic rings. The molecule has 2 fully saturated rings. The van der Waals surface area contributed by atoms with Crippen molar-refractivity contribution in [1.29, 1.82) is 0 Å². The largest absolute Gasteiger partial charge is 0.335 e. The van der Waals surface area contributed by atoms with Crippen molar-refractivity contribution in [1.82, 2.24) is 15.1 Å². The predicted octanol–water partition coefficient (Wildman–Crippen LogP) is 3.21. The number of carbonyl (C=O) groups is 4. The van der Waals surface area contributed by atoms with Crippen LogP contribution in [0.15, 0.2) is 0 Å². The van der Waals surface area contributed by atoms with Crippen molar-refractivity contribution in [3.05, 3.63) is 0 Å². The average Bonchev–Trinajstić information content (AvgIpc) is 2.88. The summed E-state index contributed by atoms with van der Waals surface area (Å²) in [6.07, 6.45) is 15.3. The summed E-state index contributed by atoms with van der Waals surface area (Å²) in [4.78, 5) is 52.8. The molecule has 0 radical (unpaired) electrons. The van der Waals surface area contributed by atoms with Crippen LogP contribution in [0.2, 0.25) is 0 Å². The second kappa shape index (κ2) is 17.6. The van der Waals surface area contributed by atoms with Crippen LogP contribution >= 0.6 is 0 Å². The number of hydrogen-bond acceptors (Lipinski definition) is 6. The topological polar surface area (TPSA) is 113 Å². The van der Waals surface area contributed by atoms with Gasteiger partial charge in [0.05, 0.1) is 12.6 Å². The number of hydrogen-bond donors (Lipinski definition) is 2. The Morgan fingerprint density at radius 1 is 0.833 bits per heavy atom. The molecule has 2 rings (SSSR count). The van der Waals surface area contributed by atoms with E-state index in [-0.39, 0.29) is 30.7 Å². The first-order valence-electron chi connectivity index (χ1n) is 14.4. The van der Waals surface area contributed by atoms with Crippen molar-refractivity contribution >= 4 is 23.4 Å². The van der Waals surface area contributed by atoms with Gasteiger partial charge >= 0.3 is 0 Å². The van der Waals surface area contributed by atoms with Crippen molar-refractivity contribution in [3.8, 4) is 0 Å². The van der Waals surface area contributed by atoms with Crippen LogP contribution in [0.25, 0.3) is 0 Å². The maximum atomic E-state index is 13.0. The van der Waals surface area contributed by atoms with Gasteiger partial charge in [0.15, 0.2) is 5.78 Å². The van der Waals surface area contributed by atoms with Crippen molar-refractivity contribution in [2.24, 2.45) is 11.7 Å². The van der Waals surface area contributed by atoms with E-state index in [1.54, 1.807) is 7.05 Å². The molecule has 0 spiro atoms. The van der Waals surface area contributed by atoms with E-state index >= 15 is 0 Å². The fourth-order valence-electron chi connectivity index (χ4n) is 5.34. The smallest absolute Gasteiger partial charge is 0.243 e. The van der Waals surface area contributed by atoms with Gasteiger partial charge in [-0.3, -0.25) is 19.2 Å². The summed E-state index contributed by atoms with van der Waals surface area (Å²) in [5.41, 5.74) is 5.61. The number of amides is 2. The van der Waals surface area contributed by atoms with Gasteiger partial charge in [-0.1, -0.05) is 44.9 Å². The zero-order valence-electron chi connectivity index (χ0n) is 22.6. The first-order valence-corrected chi connectivity index (χ1v) is 14.4. The third kappa shape index (κ3) is 11.1. The zero-order valence-corrected chi connectivity index (χ0v) is 22.6. The Morgan fingerprint density at radius 2 is 1.42 bits per heavy atom. The van der Waals surface area contributed by atoms with Crippen molar-refractivity contribution in [2.45, 2.75) is 109 Å². The maximum absolute atomic E-state index is 13.0. The minimum atomic E-state index is -0.497. The van der Waals surface area contributed by atoms with E-state index in [1.807, 2.05) is 0 Å². The highest BCUT2D eigenvalue weighted by molar-refractivity contribution is 5.96. The lowest BCUT2D eigenvalue weighted by Gasteiger charge is -2.36. The van der Waals surface area contributed by atoms with Crippen molar-refractivity contribution in [2.75, 3.05) is 39.8 Å². The quantitative estimate of drug-likeness (QED) is 0.260. The second-order valence-corrected chi connectivity index (χ2v) is 10.7. The molecular weight excluding hydrogens is 456 g/mol. The normalized spacial score (nSPS) is 18.1. The number of Topliss-reactive ketones (excluding diaryl/α,β-unsaturated/α-hetero) is 2. The van der Waals surface area contributed by atoms with E-state index in [2.05, 4.69) is 5.32 Å². The number of carbonyl (C=O) groups excluding carboxylic acids is 4. The number of ketones is 2. The summed E-state index contributed by atoms with van der Waals surface area (Å²) in [6, 6.07) is -0.497. The van der Waals surface area contributed by atoms with Gasteiger partial charge in [0, 0.05) is 25.8 Å². The van der Waals surface area contributed by atoms with Gasteiger partial charge in [0.25, 0.3) is 0 Å². The molecule has 2 saturated heterocycles. The number of nitrogens with one attached hydrogen (secondary N) is 1. The molecule has 8 heteroatoms. The summed E-state index contributed by atoms with van der Waals surface area (Å²) < 4.78 is 0. The average molecular weight is 507 g/mol. The number of nitrogens with two attached hydrogens (primary N) is 1. The van der Waals surface area contributed by atoms with Crippen LogP contribution in [-0.4, -0.2) is 79.0 Å². The molecule has 2 amide bonds. The van der Waals surface area contributed by atoms with Gasteiger partial charge in [-0.15, -0.1) is 0 Å². The predicted molar refractivity (Wildman–Crippen MR) is 142 cm³/mol. The van der Waals surface area contributed by atoms with E-state index < -0.39 is 6.04 Å². The van der Waals surface area contributed by atoms with E-state index in [0.29, 0.717) is 31.1 Å². The van der Waals surface area contributed by atoms with Gasteiger partial charge < -0.3 is 20.9 Å². The SMILES string of the molecule is CN1CC(=O)N([C@@H](CCCCN)C(=O)CCCCCCCCCCCC(=O)C2CCNCC2)CC1=O. The van der Waals surface area contributed by atoms with Crippen LogP contribution in [0.1, 0.15) is 103 Å². The molecule has 1 atom stereocenters. The Bertz CT molecular complexity index is 693. The molecule has 0 bridgehead atoms. The van der Waals surface area contributed by atoms with Crippen LogP contribution in [0.3, 0.4) is 0 Å². The van der Waals surface area contributed by atoms with Gasteiger partial charge in [-0.2, -0.15) is 0 Å². The Balaban J connectivity index is 1.54. The lowest BCUT2D eigenvalue weighted by atomic mass is 9.90. The number of rotatable bonds is 19. The first-order chi connectivity index (χ1) is 17.4. The molecule has 36 heavy (non-hydrogen) atoms. The second-order valence-electron chi connectivity index (χ2n) is 10.7. The summed E-state index contributed by atoms with van der Waals surface area (Å²) >= 11 is 0. The number of nitrogens with zero attached hydrogens (tertiary/aromatic N) is 2. The molecule has 0 aromatic carbocycles. The first kappa shape index (κ1) is 30.4. The van der Waals surface area contributed by atoms with Gasteiger partial charge in [0.2, 0.25) is 11.8 Å². The molecule has 8 nitrogen and oxygen atoms in total. The minimum absolute atomic E-state index is 0.000582. The number of piperazine rings is 1. The van der Waals surface area contributed by atoms with Crippen LogP contribution in [-0.2, 0) is 19.2 Å². The van der Waals surface area contributed by atoms with E-state index in [4.69, 9.17) is 5.73 Å². The monoisotopic (exact) mass is 506 g/mol. The minimum Gasteiger partial charge on any atom is -0.335 e. The Kier molecular flexibility index (Phi) is 14.9. The van der Waals surface area contributed by atoms with Crippen LogP contribution in [0.5, 0.6) is 0 Å². The highest BCUT2D eigenvalue weighted by Gasteiger charge is 2.35. The summed E-state index contributed by atoms with van der Waals surface area (Å²) in [6.45, 7) is 2.58. The zero-order chi connectivity index (χ0) is 26.2. The molecule has 0 aromatic heterocycles. The third-order valence-corrected chi connectivity index (χ3v) is 7.74. The number of unbranched alkanes of at least 4 members (excludes halogenated alkanes) is 9. The van der Waals surface area contributed by atoms with Crippen LogP contribution < -0.4 is 11.1 Å². The van der Waals surface area contributed by atoms with Gasteiger partial charge in [-0.05, 0) is 64.6 Å².